The van der Waals surface area contributed by atoms with Crippen LogP contribution in [0.15, 0.2) is 36.4 Å². The van der Waals surface area contributed by atoms with Crippen molar-refractivity contribution in [2.45, 2.75) is 13.0 Å². The van der Waals surface area contributed by atoms with Crippen LogP contribution < -0.4 is 5.32 Å². The van der Waals surface area contributed by atoms with Gasteiger partial charge in [0.15, 0.2) is 0 Å². The molecule has 0 aliphatic carbocycles. The quantitative estimate of drug-likeness (QED) is 0.690. The fourth-order valence-electron chi connectivity index (χ4n) is 1.83. The van der Waals surface area contributed by atoms with E-state index in [2.05, 4.69) is 5.32 Å². The van der Waals surface area contributed by atoms with Gasteiger partial charge in [-0.25, -0.2) is 0 Å². The van der Waals surface area contributed by atoms with Gasteiger partial charge in [0.05, 0.1) is 10.0 Å². The van der Waals surface area contributed by atoms with E-state index in [1.807, 2.05) is 24.3 Å². The highest BCUT2D eigenvalue weighted by atomic mass is 35.5. The van der Waals surface area contributed by atoms with Crippen LogP contribution in [0.4, 0.5) is 0 Å². The van der Waals surface area contributed by atoms with Crippen molar-refractivity contribution in [3.05, 3.63) is 67.6 Å². The van der Waals surface area contributed by atoms with Crippen LogP contribution in [-0.2, 0) is 13.0 Å². The summed E-state index contributed by atoms with van der Waals surface area (Å²) in [5.41, 5.74) is 2.18. The first kappa shape index (κ1) is 15.9. The van der Waals surface area contributed by atoms with Crippen LogP contribution >= 0.6 is 46.4 Å². The van der Waals surface area contributed by atoms with E-state index in [1.54, 1.807) is 12.1 Å². The van der Waals surface area contributed by atoms with Crippen molar-refractivity contribution in [1.82, 2.24) is 5.32 Å². The summed E-state index contributed by atoms with van der Waals surface area (Å²) in [6, 6.07) is 11.2. The molecule has 0 spiro atoms. The van der Waals surface area contributed by atoms with E-state index in [1.165, 1.54) is 0 Å². The molecular formula is C15H13Cl4N. The molecule has 0 aliphatic heterocycles. The second-order valence-corrected chi connectivity index (χ2v) is 6.07. The van der Waals surface area contributed by atoms with Gasteiger partial charge in [-0.05, 0) is 48.4 Å². The van der Waals surface area contributed by atoms with E-state index in [0.717, 1.165) is 30.6 Å². The molecule has 0 aliphatic rings. The number of benzene rings is 2. The van der Waals surface area contributed by atoms with Crippen molar-refractivity contribution in [2.24, 2.45) is 0 Å². The van der Waals surface area contributed by atoms with Gasteiger partial charge >= 0.3 is 0 Å². The number of nitrogens with one attached hydrogen (secondary N) is 1. The maximum Gasteiger partial charge on any atom is 0.0595 e. The van der Waals surface area contributed by atoms with Crippen LogP contribution in [0.25, 0.3) is 0 Å². The maximum atomic E-state index is 6.12. The molecule has 0 aromatic heterocycles. The summed E-state index contributed by atoms with van der Waals surface area (Å²) in [5.74, 6) is 0. The molecule has 2 rings (SSSR count). The highest BCUT2D eigenvalue weighted by molar-refractivity contribution is 6.42. The lowest BCUT2D eigenvalue weighted by atomic mass is 10.1. The van der Waals surface area contributed by atoms with Gasteiger partial charge in [-0.2, -0.15) is 0 Å². The molecule has 0 saturated carbocycles. The zero-order valence-electron chi connectivity index (χ0n) is 10.6. The molecule has 0 radical (unpaired) electrons. The van der Waals surface area contributed by atoms with Crippen LogP contribution in [-0.4, -0.2) is 6.54 Å². The first-order valence-electron chi connectivity index (χ1n) is 6.15. The lowest BCUT2D eigenvalue weighted by Crippen LogP contribution is -2.16. The molecule has 106 valence electrons. The van der Waals surface area contributed by atoms with Crippen LogP contribution in [0, 0.1) is 0 Å². The van der Waals surface area contributed by atoms with Gasteiger partial charge in [0.25, 0.3) is 0 Å². The van der Waals surface area contributed by atoms with Gasteiger partial charge in [-0.15, -0.1) is 0 Å². The van der Waals surface area contributed by atoms with E-state index in [9.17, 15) is 0 Å². The number of rotatable bonds is 5. The molecule has 0 fully saturated rings. The highest BCUT2D eigenvalue weighted by Crippen LogP contribution is 2.23. The summed E-state index contributed by atoms with van der Waals surface area (Å²) < 4.78 is 0. The second-order valence-electron chi connectivity index (χ2n) is 4.41. The molecule has 1 N–H and O–H groups in total. The van der Waals surface area contributed by atoms with Gasteiger partial charge in [0.2, 0.25) is 0 Å². The van der Waals surface area contributed by atoms with Crippen molar-refractivity contribution in [1.29, 1.82) is 0 Å². The Morgan fingerprint density at radius 1 is 0.800 bits per heavy atom. The summed E-state index contributed by atoms with van der Waals surface area (Å²) in [6.07, 6.45) is 0.845. The first-order chi connectivity index (χ1) is 9.56. The molecule has 20 heavy (non-hydrogen) atoms. The Balaban J connectivity index is 1.82. The van der Waals surface area contributed by atoms with Crippen molar-refractivity contribution in [2.75, 3.05) is 6.54 Å². The number of halogens is 4. The minimum atomic E-state index is 0.573. The predicted octanol–water partition coefficient (Wildman–Crippen LogP) is 5.63. The lowest BCUT2D eigenvalue weighted by molar-refractivity contribution is 0.687. The Kier molecular flexibility index (Phi) is 6.01. The Morgan fingerprint density at radius 3 is 2.30 bits per heavy atom. The Morgan fingerprint density at radius 2 is 1.60 bits per heavy atom. The van der Waals surface area contributed by atoms with Gasteiger partial charge in [0, 0.05) is 16.6 Å². The minimum absolute atomic E-state index is 0.573. The van der Waals surface area contributed by atoms with E-state index in [0.29, 0.717) is 20.1 Å². The largest absolute Gasteiger partial charge is 0.312 e. The molecule has 5 heteroatoms. The van der Waals surface area contributed by atoms with Gasteiger partial charge in [0.1, 0.15) is 0 Å². The average Bonchev–Trinajstić information content (AvgIpc) is 2.40. The minimum Gasteiger partial charge on any atom is -0.312 e. The van der Waals surface area contributed by atoms with Gasteiger partial charge < -0.3 is 5.32 Å². The summed E-state index contributed by atoms with van der Waals surface area (Å²) >= 11 is 23.8. The van der Waals surface area contributed by atoms with Gasteiger partial charge in [-0.3, -0.25) is 0 Å². The Hall–Kier alpha value is -0.440. The number of hydrogen-bond acceptors (Lipinski definition) is 1. The SMILES string of the molecule is Clc1ccc(CCNCc2ccc(Cl)c(Cl)c2)c(Cl)c1. The fourth-order valence-corrected chi connectivity index (χ4v) is 2.65. The molecule has 2 aromatic rings. The third-order valence-electron chi connectivity index (χ3n) is 2.90. The van der Waals surface area contributed by atoms with Crippen LogP contribution in [0.1, 0.15) is 11.1 Å². The lowest BCUT2D eigenvalue weighted by Gasteiger charge is -2.07. The molecular weight excluding hydrogens is 336 g/mol. The Bertz CT molecular complexity index is 598. The molecule has 0 atom stereocenters. The summed E-state index contributed by atoms with van der Waals surface area (Å²) in [5, 5.41) is 5.85. The van der Waals surface area contributed by atoms with Crippen LogP contribution in [0.5, 0.6) is 0 Å². The van der Waals surface area contributed by atoms with E-state index < -0.39 is 0 Å². The summed E-state index contributed by atoms with van der Waals surface area (Å²) in [7, 11) is 0. The third-order valence-corrected chi connectivity index (χ3v) is 4.23. The van der Waals surface area contributed by atoms with Gasteiger partial charge in [-0.1, -0.05) is 58.5 Å². The van der Waals surface area contributed by atoms with Crippen molar-refractivity contribution in [3.8, 4) is 0 Å². The zero-order valence-corrected chi connectivity index (χ0v) is 13.6. The highest BCUT2D eigenvalue weighted by Gasteiger charge is 2.02. The van der Waals surface area contributed by atoms with E-state index >= 15 is 0 Å². The molecule has 0 saturated heterocycles. The Labute approximate surface area is 138 Å². The maximum absolute atomic E-state index is 6.12. The van der Waals surface area contributed by atoms with Crippen LogP contribution in [0.2, 0.25) is 20.1 Å². The second kappa shape index (κ2) is 7.53. The molecule has 1 nitrogen and oxygen atoms in total. The average molecular weight is 349 g/mol. The number of hydrogen-bond donors (Lipinski definition) is 1. The topological polar surface area (TPSA) is 12.0 Å². The normalized spacial score (nSPS) is 10.8. The van der Waals surface area contributed by atoms with Crippen LogP contribution in [0.3, 0.4) is 0 Å². The predicted molar refractivity (Wildman–Crippen MR) is 88.3 cm³/mol. The van der Waals surface area contributed by atoms with Crippen molar-refractivity contribution >= 4 is 46.4 Å². The zero-order chi connectivity index (χ0) is 14.5. The molecule has 0 heterocycles. The van der Waals surface area contributed by atoms with E-state index in [-0.39, 0.29) is 0 Å². The standard InChI is InChI=1S/C15H13Cl4N/c16-12-3-2-11(14(18)8-12)5-6-20-9-10-1-4-13(17)15(19)7-10/h1-4,7-8,20H,5-6,9H2. The fraction of sp³-hybridized carbons (Fsp3) is 0.200. The van der Waals surface area contributed by atoms with Crippen molar-refractivity contribution < 1.29 is 0 Å². The van der Waals surface area contributed by atoms with Crippen molar-refractivity contribution in [3.63, 3.8) is 0 Å². The summed E-state index contributed by atoms with van der Waals surface area (Å²) in [6.45, 7) is 1.56. The third kappa shape index (κ3) is 4.54. The van der Waals surface area contributed by atoms with E-state index in [4.69, 9.17) is 46.4 Å². The molecule has 0 bridgehead atoms. The first-order valence-corrected chi connectivity index (χ1v) is 7.66. The summed E-state index contributed by atoms with van der Waals surface area (Å²) in [4.78, 5) is 0. The molecule has 0 amide bonds. The molecule has 0 unspecified atom stereocenters. The molecule has 2 aromatic carbocycles. The monoisotopic (exact) mass is 347 g/mol. The smallest absolute Gasteiger partial charge is 0.0595 e.